The number of amides is 1. The molecule has 1 atom stereocenters. The molecule has 0 radical (unpaired) electrons. The zero-order valence-corrected chi connectivity index (χ0v) is 9.27. The molecule has 0 aliphatic heterocycles. The van der Waals surface area contributed by atoms with Crippen molar-refractivity contribution < 1.29 is 9.72 Å². The lowest BCUT2D eigenvalue weighted by Gasteiger charge is -2.18. The first-order valence-electron chi connectivity index (χ1n) is 5.01. The lowest BCUT2D eigenvalue weighted by atomic mass is 9.99. The molecule has 1 N–H and O–H groups in total. The van der Waals surface area contributed by atoms with E-state index in [0.717, 1.165) is 0 Å². The third-order valence-corrected chi connectivity index (χ3v) is 2.61. The number of rotatable bonds is 4. The standard InChI is InChI=1S/C11H14N2O3/c1-3-11(2,13(15)16)10(14)12-9-7-5-4-6-8-9/h4-8H,3H2,1-2H3,(H,12,14). The minimum Gasteiger partial charge on any atom is -0.320 e. The van der Waals surface area contributed by atoms with E-state index in [2.05, 4.69) is 5.32 Å². The Kier molecular flexibility index (Phi) is 3.60. The lowest BCUT2D eigenvalue weighted by Crippen LogP contribution is -2.46. The molecular weight excluding hydrogens is 208 g/mol. The Bertz CT molecular complexity index is 391. The van der Waals surface area contributed by atoms with Crippen molar-refractivity contribution in [3.8, 4) is 0 Å². The SMILES string of the molecule is CCC(C)(C(=O)Nc1ccccc1)[N+](=O)[O-]. The largest absolute Gasteiger partial charge is 0.320 e. The average Bonchev–Trinajstić information content (AvgIpc) is 2.28. The van der Waals surface area contributed by atoms with Gasteiger partial charge in [0.15, 0.2) is 0 Å². The Balaban J connectivity index is 2.83. The number of hydrogen-bond acceptors (Lipinski definition) is 3. The number of nitrogens with zero attached hydrogens (tertiary/aromatic N) is 1. The van der Waals surface area contributed by atoms with Crippen LogP contribution in [0.2, 0.25) is 0 Å². The topological polar surface area (TPSA) is 72.2 Å². The summed E-state index contributed by atoms with van der Waals surface area (Å²) < 4.78 is 0. The Hall–Kier alpha value is -1.91. The van der Waals surface area contributed by atoms with Gasteiger partial charge in [0.2, 0.25) is 0 Å². The van der Waals surface area contributed by atoms with Crippen molar-refractivity contribution in [1.29, 1.82) is 0 Å². The molecule has 0 bridgehead atoms. The van der Waals surface area contributed by atoms with Crippen molar-refractivity contribution in [2.75, 3.05) is 5.32 Å². The number of para-hydroxylation sites is 1. The van der Waals surface area contributed by atoms with Gasteiger partial charge in [0, 0.05) is 24.0 Å². The Morgan fingerprint density at radius 2 is 2.00 bits per heavy atom. The lowest BCUT2D eigenvalue weighted by molar-refractivity contribution is -0.547. The Morgan fingerprint density at radius 3 is 2.44 bits per heavy atom. The van der Waals surface area contributed by atoms with Crippen LogP contribution in [0.5, 0.6) is 0 Å². The molecule has 86 valence electrons. The number of anilines is 1. The Morgan fingerprint density at radius 1 is 1.44 bits per heavy atom. The fraction of sp³-hybridized carbons (Fsp3) is 0.364. The summed E-state index contributed by atoms with van der Waals surface area (Å²) in [5.41, 5.74) is -1.01. The van der Waals surface area contributed by atoms with Gasteiger partial charge < -0.3 is 5.32 Å². The second kappa shape index (κ2) is 4.74. The minimum absolute atomic E-state index is 0.151. The number of nitrogens with one attached hydrogen (secondary N) is 1. The molecule has 5 heteroatoms. The highest BCUT2D eigenvalue weighted by Crippen LogP contribution is 2.17. The number of benzene rings is 1. The van der Waals surface area contributed by atoms with Crippen LogP contribution < -0.4 is 5.32 Å². The van der Waals surface area contributed by atoms with Crippen molar-refractivity contribution in [2.45, 2.75) is 25.8 Å². The van der Waals surface area contributed by atoms with Gasteiger partial charge in [-0.15, -0.1) is 0 Å². The third kappa shape index (κ3) is 2.36. The molecule has 0 aliphatic rings. The summed E-state index contributed by atoms with van der Waals surface area (Å²) in [6, 6.07) is 8.69. The van der Waals surface area contributed by atoms with E-state index in [4.69, 9.17) is 0 Å². The van der Waals surface area contributed by atoms with E-state index >= 15 is 0 Å². The molecule has 1 amide bonds. The maximum absolute atomic E-state index is 11.8. The van der Waals surface area contributed by atoms with E-state index in [0.29, 0.717) is 5.69 Å². The van der Waals surface area contributed by atoms with Crippen LogP contribution in [0, 0.1) is 10.1 Å². The van der Waals surface area contributed by atoms with Crippen LogP contribution in [-0.2, 0) is 4.79 Å². The molecule has 0 aliphatic carbocycles. The van der Waals surface area contributed by atoms with E-state index in [1.807, 2.05) is 6.07 Å². The first kappa shape index (κ1) is 12.2. The van der Waals surface area contributed by atoms with Gasteiger partial charge in [-0.25, -0.2) is 0 Å². The summed E-state index contributed by atoms with van der Waals surface area (Å²) >= 11 is 0. The molecule has 0 fully saturated rings. The van der Waals surface area contributed by atoms with Crippen LogP contribution in [0.1, 0.15) is 20.3 Å². The molecule has 0 aromatic heterocycles. The molecule has 5 nitrogen and oxygen atoms in total. The van der Waals surface area contributed by atoms with Crippen molar-refractivity contribution in [1.82, 2.24) is 0 Å². The third-order valence-electron chi connectivity index (χ3n) is 2.61. The predicted octanol–water partition coefficient (Wildman–Crippen LogP) is 2.07. The predicted molar refractivity (Wildman–Crippen MR) is 60.8 cm³/mol. The van der Waals surface area contributed by atoms with Crippen molar-refractivity contribution in [2.24, 2.45) is 0 Å². The second-order valence-electron chi connectivity index (χ2n) is 3.70. The van der Waals surface area contributed by atoms with Crippen molar-refractivity contribution in [3.05, 3.63) is 40.4 Å². The molecular formula is C11H14N2O3. The first-order chi connectivity index (χ1) is 7.50. The minimum atomic E-state index is -1.57. The molecule has 1 unspecified atom stereocenters. The van der Waals surface area contributed by atoms with Crippen LogP contribution in [-0.4, -0.2) is 16.4 Å². The highest BCUT2D eigenvalue weighted by atomic mass is 16.6. The van der Waals surface area contributed by atoms with E-state index in [1.165, 1.54) is 6.92 Å². The summed E-state index contributed by atoms with van der Waals surface area (Å²) in [4.78, 5) is 22.0. The maximum atomic E-state index is 11.8. The molecule has 0 spiro atoms. The number of carbonyl (C=O) groups is 1. The fourth-order valence-corrected chi connectivity index (χ4v) is 1.16. The summed E-state index contributed by atoms with van der Waals surface area (Å²) in [7, 11) is 0. The van der Waals surface area contributed by atoms with Crippen LogP contribution in [0.4, 0.5) is 5.69 Å². The average molecular weight is 222 g/mol. The van der Waals surface area contributed by atoms with Crippen LogP contribution in [0.3, 0.4) is 0 Å². The van der Waals surface area contributed by atoms with Gasteiger partial charge in [-0.2, -0.15) is 0 Å². The van der Waals surface area contributed by atoms with Gasteiger partial charge in [-0.3, -0.25) is 14.9 Å². The quantitative estimate of drug-likeness (QED) is 0.626. The first-order valence-corrected chi connectivity index (χ1v) is 5.01. The number of hydrogen-bond donors (Lipinski definition) is 1. The van der Waals surface area contributed by atoms with Gasteiger partial charge in [-0.1, -0.05) is 25.1 Å². The highest BCUT2D eigenvalue weighted by Gasteiger charge is 2.43. The van der Waals surface area contributed by atoms with E-state index in [-0.39, 0.29) is 6.42 Å². The second-order valence-corrected chi connectivity index (χ2v) is 3.70. The van der Waals surface area contributed by atoms with Gasteiger partial charge in [0.05, 0.1) is 0 Å². The van der Waals surface area contributed by atoms with Crippen LogP contribution in [0.25, 0.3) is 0 Å². The monoisotopic (exact) mass is 222 g/mol. The summed E-state index contributed by atoms with van der Waals surface area (Å²) in [5, 5.41) is 13.4. The molecule has 0 heterocycles. The zero-order valence-electron chi connectivity index (χ0n) is 9.27. The molecule has 1 aromatic rings. The van der Waals surface area contributed by atoms with Gasteiger partial charge >= 0.3 is 5.91 Å². The Labute approximate surface area is 93.6 Å². The normalized spacial score (nSPS) is 13.9. The molecule has 16 heavy (non-hydrogen) atoms. The summed E-state index contributed by atoms with van der Waals surface area (Å²) in [6.07, 6.45) is 0.151. The van der Waals surface area contributed by atoms with E-state index < -0.39 is 16.4 Å². The van der Waals surface area contributed by atoms with Gasteiger partial charge in [0.1, 0.15) is 0 Å². The fourth-order valence-electron chi connectivity index (χ4n) is 1.16. The zero-order chi connectivity index (χ0) is 12.2. The summed E-state index contributed by atoms with van der Waals surface area (Å²) in [6.45, 7) is 2.94. The smallest absolute Gasteiger partial charge is 0.301 e. The highest BCUT2D eigenvalue weighted by molar-refractivity contribution is 5.96. The number of nitro groups is 1. The van der Waals surface area contributed by atoms with Crippen molar-refractivity contribution >= 4 is 11.6 Å². The summed E-state index contributed by atoms with van der Waals surface area (Å²) in [5.74, 6) is -0.591. The van der Waals surface area contributed by atoms with Crippen LogP contribution in [0.15, 0.2) is 30.3 Å². The van der Waals surface area contributed by atoms with E-state index in [1.54, 1.807) is 31.2 Å². The van der Waals surface area contributed by atoms with Crippen LogP contribution >= 0.6 is 0 Å². The van der Waals surface area contributed by atoms with Gasteiger partial charge in [0.25, 0.3) is 5.54 Å². The van der Waals surface area contributed by atoms with Crippen molar-refractivity contribution in [3.63, 3.8) is 0 Å². The number of carbonyl (C=O) groups excluding carboxylic acids is 1. The van der Waals surface area contributed by atoms with Gasteiger partial charge in [-0.05, 0) is 12.1 Å². The molecule has 0 saturated carbocycles. The molecule has 1 aromatic carbocycles. The van der Waals surface area contributed by atoms with E-state index in [9.17, 15) is 14.9 Å². The molecule has 0 saturated heterocycles. The molecule has 1 rings (SSSR count). The maximum Gasteiger partial charge on any atom is 0.301 e.